The van der Waals surface area contributed by atoms with Crippen LogP contribution in [0, 0.1) is 0 Å². The van der Waals surface area contributed by atoms with Crippen molar-refractivity contribution in [1.29, 1.82) is 0 Å². The van der Waals surface area contributed by atoms with E-state index in [-0.39, 0.29) is 16.4 Å². The minimum Gasteiger partial charge on any atom is -0.382 e. The molecule has 0 fully saturated rings. The molecule has 0 aromatic heterocycles. The molecular weight excluding hydrogens is 340 g/mol. The largest absolute Gasteiger partial charge is 0.382 e. The zero-order chi connectivity index (χ0) is 18.8. The van der Waals surface area contributed by atoms with Crippen LogP contribution >= 0.6 is 0 Å². The Morgan fingerprint density at radius 3 is 1.68 bits per heavy atom. The summed E-state index contributed by atoms with van der Waals surface area (Å²) < 4.78 is 23.6. The Morgan fingerprint density at radius 1 is 0.880 bits per heavy atom. The molecule has 0 aliphatic carbocycles. The first-order valence-corrected chi connectivity index (χ1v) is 9.46. The molecule has 0 heterocycles. The molecule has 0 aliphatic heterocycles. The summed E-state index contributed by atoms with van der Waals surface area (Å²) >= 11 is 0. The first kappa shape index (κ1) is 19.0. The van der Waals surface area contributed by atoms with E-state index < -0.39 is 21.2 Å². The second-order valence-electron chi connectivity index (χ2n) is 6.22. The summed E-state index contributed by atoms with van der Waals surface area (Å²) in [5, 5.41) is 9.74. The topological polar surface area (TPSA) is 88.5 Å². The number of Topliss-reactive ketones (excluding diaryl/α,β-unsaturated/α-hetero) is 1. The smallest absolute Gasteiger partial charge is 0.193 e. The van der Waals surface area contributed by atoms with Crippen molar-refractivity contribution in [2.45, 2.75) is 31.3 Å². The van der Waals surface area contributed by atoms with Gasteiger partial charge in [-0.15, -0.1) is 0 Å². The van der Waals surface area contributed by atoms with Gasteiger partial charge in [-0.3, -0.25) is 9.59 Å². The van der Waals surface area contributed by atoms with E-state index >= 15 is 0 Å². The molecule has 132 valence electrons. The van der Waals surface area contributed by atoms with Crippen LogP contribution in [0.2, 0.25) is 0 Å². The van der Waals surface area contributed by atoms with Crippen LogP contribution in [-0.4, -0.2) is 36.4 Å². The minimum absolute atomic E-state index is 0.00299. The number of ketones is 2. The predicted octanol–water partition coefficient (Wildman–Crippen LogP) is 2.66. The zero-order valence-corrected chi connectivity index (χ0v) is 15.1. The van der Waals surface area contributed by atoms with Gasteiger partial charge in [0.1, 0.15) is 5.60 Å². The maximum absolute atomic E-state index is 12.5. The number of hydrogen-bond donors (Lipinski definition) is 1. The van der Waals surface area contributed by atoms with Gasteiger partial charge in [-0.25, -0.2) is 8.42 Å². The average Bonchev–Trinajstić information content (AvgIpc) is 2.60. The number of sulfone groups is 1. The summed E-state index contributed by atoms with van der Waals surface area (Å²) in [5.74, 6) is -0.708. The highest BCUT2D eigenvalue weighted by molar-refractivity contribution is 7.91. The highest BCUT2D eigenvalue weighted by atomic mass is 32.2. The second kappa shape index (κ2) is 6.90. The zero-order valence-electron chi connectivity index (χ0n) is 14.3. The van der Waals surface area contributed by atoms with Gasteiger partial charge in [-0.05, 0) is 38.1 Å². The number of aliphatic hydroxyl groups is 1. The summed E-state index contributed by atoms with van der Waals surface area (Å²) in [6.07, 6.45) is 0. The number of carbonyl (C=O) groups excluding carboxylic acids is 2. The van der Waals surface area contributed by atoms with Crippen LogP contribution in [0.3, 0.4) is 0 Å². The molecule has 0 aliphatic rings. The highest BCUT2D eigenvalue weighted by Gasteiger charge is 2.25. The predicted molar refractivity (Wildman–Crippen MR) is 94.7 cm³/mol. The van der Waals surface area contributed by atoms with Gasteiger partial charge in [0.2, 0.25) is 0 Å². The summed E-state index contributed by atoms with van der Waals surface area (Å²) in [7, 11) is -3.31. The Bertz CT molecular complexity index is 886. The lowest BCUT2D eigenvalue weighted by Gasteiger charge is -2.15. The van der Waals surface area contributed by atoms with Crippen molar-refractivity contribution in [3.05, 3.63) is 65.2 Å². The molecule has 0 saturated carbocycles. The summed E-state index contributed by atoms with van der Waals surface area (Å²) in [6, 6.07) is 11.8. The first-order chi connectivity index (χ1) is 11.6. The number of benzene rings is 2. The molecule has 0 radical (unpaired) electrons. The van der Waals surface area contributed by atoms with E-state index in [4.69, 9.17) is 0 Å². The van der Waals surface area contributed by atoms with Crippen molar-refractivity contribution in [3.8, 4) is 0 Å². The second-order valence-corrected chi connectivity index (χ2v) is 8.50. The van der Waals surface area contributed by atoms with Gasteiger partial charge in [0.15, 0.2) is 21.4 Å². The van der Waals surface area contributed by atoms with E-state index in [1.165, 1.54) is 62.4 Å². The average molecular weight is 360 g/mol. The van der Waals surface area contributed by atoms with Crippen molar-refractivity contribution in [1.82, 2.24) is 0 Å². The number of carbonyl (C=O) groups is 2. The fourth-order valence-corrected chi connectivity index (χ4v) is 3.16. The lowest BCUT2D eigenvalue weighted by molar-refractivity contribution is 0.0488. The van der Waals surface area contributed by atoms with Crippen molar-refractivity contribution in [2.24, 2.45) is 0 Å². The SMILES string of the molecule is CCS(=O)(=O)c1ccc(C(=O)c2ccc(C(=O)C(C)(C)O)cc2)cc1. The highest BCUT2D eigenvalue weighted by Crippen LogP contribution is 2.17. The third-order valence-corrected chi connectivity index (χ3v) is 5.57. The monoisotopic (exact) mass is 360 g/mol. The fourth-order valence-electron chi connectivity index (χ4n) is 2.27. The van der Waals surface area contributed by atoms with Crippen molar-refractivity contribution in [2.75, 3.05) is 5.75 Å². The fraction of sp³-hybridized carbons (Fsp3) is 0.263. The molecule has 0 spiro atoms. The quantitative estimate of drug-likeness (QED) is 0.800. The van der Waals surface area contributed by atoms with Crippen molar-refractivity contribution in [3.63, 3.8) is 0 Å². The molecule has 2 rings (SSSR count). The molecular formula is C19H20O5S. The molecule has 0 bridgehead atoms. The van der Waals surface area contributed by atoms with E-state index in [1.54, 1.807) is 6.92 Å². The van der Waals surface area contributed by atoms with Crippen molar-refractivity contribution < 1.29 is 23.1 Å². The van der Waals surface area contributed by atoms with Gasteiger partial charge in [-0.2, -0.15) is 0 Å². The third-order valence-electron chi connectivity index (χ3n) is 3.82. The number of hydrogen-bond acceptors (Lipinski definition) is 5. The normalized spacial score (nSPS) is 12.0. The standard InChI is InChI=1S/C19H20O5S/c1-4-25(23,24)16-11-9-14(10-12-16)17(20)13-5-7-15(8-6-13)18(21)19(2,3)22/h5-12,22H,4H2,1-3H3. The molecule has 2 aromatic carbocycles. The van der Waals surface area contributed by atoms with Gasteiger partial charge in [0, 0.05) is 16.7 Å². The van der Waals surface area contributed by atoms with Crippen LogP contribution in [0.1, 0.15) is 47.1 Å². The Hall–Kier alpha value is -2.31. The molecule has 5 nitrogen and oxygen atoms in total. The molecule has 2 aromatic rings. The van der Waals surface area contributed by atoms with Crippen LogP contribution in [0.4, 0.5) is 0 Å². The summed E-state index contributed by atoms with van der Waals surface area (Å²) in [5.41, 5.74) is -0.435. The van der Waals surface area contributed by atoms with Crippen LogP contribution in [0.5, 0.6) is 0 Å². The molecule has 0 atom stereocenters. The Labute approximate surface area is 147 Å². The van der Waals surface area contributed by atoms with Gasteiger partial charge >= 0.3 is 0 Å². The van der Waals surface area contributed by atoms with Crippen LogP contribution in [-0.2, 0) is 9.84 Å². The third kappa shape index (κ3) is 4.21. The van der Waals surface area contributed by atoms with E-state index in [2.05, 4.69) is 0 Å². The Morgan fingerprint density at radius 2 is 1.28 bits per heavy atom. The lowest BCUT2D eigenvalue weighted by Crippen LogP contribution is -2.31. The maximum Gasteiger partial charge on any atom is 0.193 e. The summed E-state index contributed by atoms with van der Waals surface area (Å²) in [4.78, 5) is 24.6. The lowest BCUT2D eigenvalue weighted by atomic mass is 9.95. The van der Waals surface area contributed by atoms with Crippen molar-refractivity contribution >= 4 is 21.4 Å². The van der Waals surface area contributed by atoms with Gasteiger partial charge < -0.3 is 5.11 Å². The maximum atomic E-state index is 12.5. The van der Waals surface area contributed by atoms with E-state index in [0.717, 1.165) is 0 Å². The van der Waals surface area contributed by atoms with E-state index in [1.807, 2.05) is 0 Å². The molecule has 0 amide bonds. The molecule has 0 unspecified atom stereocenters. The summed E-state index contributed by atoms with van der Waals surface area (Å²) in [6.45, 7) is 4.37. The van der Waals surface area contributed by atoms with Gasteiger partial charge in [0.25, 0.3) is 0 Å². The van der Waals surface area contributed by atoms with Crippen LogP contribution < -0.4 is 0 Å². The molecule has 25 heavy (non-hydrogen) atoms. The van der Waals surface area contributed by atoms with Crippen LogP contribution in [0.25, 0.3) is 0 Å². The minimum atomic E-state index is -3.31. The molecule has 0 saturated heterocycles. The van der Waals surface area contributed by atoms with Gasteiger partial charge in [0.05, 0.1) is 10.6 Å². The van der Waals surface area contributed by atoms with E-state index in [9.17, 15) is 23.1 Å². The van der Waals surface area contributed by atoms with Gasteiger partial charge in [-0.1, -0.05) is 31.2 Å². The number of rotatable bonds is 6. The first-order valence-electron chi connectivity index (χ1n) is 7.81. The Kier molecular flexibility index (Phi) is 5.25. The molecule has 1 N–H and O–H groups in total. The van der Waals surface area contributed by atoms with Crippen LogP contribution in [0.15, 0.2) is 53.4 Å². The Balaban J connectivity index is 2.25. The van der Waals surface area contributed by atoms with E-state index in [0.29, 0.717) is 16.7 Å². The molecule has 6 heteroatoms.